The van der Waals surface area contributed by atoms with E-state index in [1.165, 1.54) is 18.5 Å². The third-order valence-corrected chi connectivity index (χ3v) is 5.14. The number of para-hydroxylation sites is 1. The van der Waals surface area contributed by atoms with Crippen molar-refractivity contribution >= 4 is 27.9 Å². The highest BCUT2D eigenvalue weighted by atomic mass is 19.1. The highest BCUT2D eigenvalue weighted by Gasteiger charge is 2.18. The van der Waals surface area contributed by atoms with Crippen molar-refractivity contribution < 1.29 is 4.39 Å². The van der Waals surface area contributed by atoms with Gasteiger partial charge in [-0.2, -0.15) is 5.26 Å². The molecule has 0 aliphatic rings. The van der Waals surface area contributed by atoms with Crippen LogP contribution in [0.25, 0.3) is 33.3 Å². The molecule has 5 rings (SSSR count). The summed E-state index contributed by atoms with van der Waals surface area (Å²) in [6, 6.07) is 15.7. The van der Waals surface area contributed by atoms with E-state index >= 15 is 0 Å². The smallest absolute Gasteiger partial charge is 0.182 e. The summed E-state index contributed by atoms with van der Waals surface area (Å²) in [4.78, 5) is 20.5. The number of fused-ring (bicyclic) bond motifs is 2. The molecular weight excluding hydrogens is 393 g/mol. The first-order valence-electron chi connectivity index (χ1n) is 9.64. The van der Waals surface area contributed by atoms with Crippen LogP contribution < -0.4 is 5.32 Å². The van der Waals surface area contributed by atoms with Crippen LogP contribution >= 0.6 is 0 Å². The summed E-state index contributed by atoms with van der Waals surface area (Å²) in [5.41, 5.74) is 4.39. The number of nitrogens with zero attached hydrogens (tertiary/aromatic N) is 5. The molecule has 0 aliphatic heterocycles. The van der Waals surface area contributed by atoms with Gasteiger partial charge in [-0.1, -0.05) is 24.3 Å². The van der Waals surface area contributed by atoms with E-state index < -0.39 is 0 Å². The molecule has 0 saturated carbocycles. The molecule has 0 spiro atoms. The highest BCUT2D eigenvalue weighted by Crippen LogP contribution is 2.33. The molecule has 150 valence electrons. The average Bonchev–Trinajstić information content (AvgIpc) is 3.27. The third kappa shape index (κ3) is 3.32. The Kier molecular flexibility index (Phi) is 4.49. The molecule has 0 bridgehead atoms. The molecule has 3 heterocycles. The molecule has 5 aromatic rings. The average molecular weight is 409 g/mol. The van der Waals surface area contributed by atoms with Gasteiger partial charge in [0.1, 0.15) is 23.7 Å². The van der Waals surface area contributed by atoms with Gasteiger partial charge in [-0.15, -0.1) is 0 Å². The summed E-state index contributed by atoms with van der Waals surface area (Å²) in [6.07, 6.45) is 3.01. The normalized spacial score (nSPS) is 12.0. The van der Waals surface area contributed by atoms with Gasteiger partial charge in [0.05, 0.1) is 29.1 Å². The van der Waals surface area contributed by atoms with Crippen LogP contribution in [0, 0.1) is 17.1 Å². The van der Waals surface area contributed by atoms with Crippen molar-refractivity contribution in [1.82, 2.24) is 24.9 Å². The minimum Gasteiger partial charge on any atom is -0.362 e. The van der Waals surface area contributed by atoms with Gasteiger partial charge in [-0.05, 0) is 31.2 Å². The number of nitriles is 1. The molecule has 0 saturated heterocycles. The minimum absolute atomic E-state index is 0.234. The van der Waals surface area contributed by atoms with Crippen LogP contribution in [0.5, 0.6) is 0 Å². The number of anilines is 1. The highest BCUT2D eigenvalue weighted by molar-refractivity contribution is 5.88. The number of imidazole rings is 1. The fraction of sp³-hybridized carbons (Fsp3) is 0.0870. The number of rotatable bonds is 4. The molecule has 0 unspecified atom stereocenters. The quantitative estimate of drug-likeness (QED) is 0.444. The first-order chi connectivity index (χ1) is 15.1. The number of nitrogens with one attached hydrogen (secondary N) is 2. The first-order valence-corrected chi connectivity index (χ1v) is 9.64. The van der Waals surface area contributed by atoms with Gasteiger partial charge < -0.3 is 10.3 Å². The topological polar surface area (TPSA) is 103 Å². The molecule has 1 atom stereocenters. The summed E-state index contributed by atoms with van der Waals surface area (Å²) in [7, 11) is 0. The van der Waals surface area contributed by atoms with Crippen LogP contribution in [0.1, 0.15) is 24.1 Å². The van der Waals surface area contributed by atoms with Gasteiger partial charge >= 0.3 is 0 Å². The summed E-state index contributed by atoms with van der Waals surface area (Å²) in [5, 5.41) is 13.7. The Balaban J connectivity index is 1.68. The third-order valence-electron chi connectivity index (χ3n) is 5.14. The Morgan fingerprint density at radius 2 is 1.97 bits per heavy atom. The van der Waals surface area contributed by atoms with Crippen molar-refractivity contribution in [2.45, 2.75) is 13.0 Å². The molecule has 0 fully saturated rings. The van der Waals surface area contributed by atoms with Crippen LogP contribution in [-0.2, 0) is 0 Å². The van der Waals surface area contributed by atoms with Gasteiger partial charge in [-0.3, -0.25) is 0 Å². The summed E-state index contributed by atoms with van der Waals surface area (Å²) >= 11 is 0. The van der Waals surface area contributed by atoms with E-state index in [4.69, 9.17) is 4.98 Å². The number of hydrogen-bond acceptors (Lipinski definition) is 6. The zero-order chi connectivity index (χ0) is 21.4. The van der Waals surface area contributed by atoms with Crippen molar-refractivity contribution in [2.24, 2.45) is 0 Å². The van der Waals surface area contributed by atoms with Crippen molar-refractivity contribution in [3.63, 3.8) is 0 Å². The van der Waals surface area contributed by atoms with Crippen LogP contribution in [-0.4, -0.2) is 24.9 Å². The maximum absolute atomic E-state index is 14.0. The number of aromatic nitrogens is 5. The lowest BCUT2D eigenvalue weighted by atomic mass is 9.97. The second-order valence-corrected chi connectivity index (χ2v) is 7.12. The molecule has 0 amide bonds. The first kappa shape index (κ1) is 18.6. The van der Waals surface area contributed by atoms with Crippen molar-refractivity contribution in [3.05, 3.63) is 78.1 Å². The standard InChI is InChI=1S/C23H16FN7/c1-13(30-23-21-22(27-11-26-21)28-12-29-23)18-9-15-4-2-6-16(10-25)19(15)31-20(18)14-5-3-7-17(24)8-14/h2-9,11-13H,1H3,(H2,26,27,28,29,30)/t13-/m0/s1. The van der Waals surface area contributed by atoms with Gasteiger partial charge in [-0.25, -0.2) is 24.3 Å². The molecular formula is C23H16FN7. The van der Waals surface area contributed by atoms with Gasteiger partial charge in [0.2, 0.25) is 0 Å². The lowest BCUT2D eigenvalue weighted by Crippen LogP contribution is -2.11. The van der Waals surface area contributed by atoms with Crippen molar-refractivity contribution in [3.8, 4) is 17.3 Å². The van der Waals surface area contributed by atoms with Gasteiger partial charge in [0.15, 0.2) is 11.5 Å². The fourth-order valence-electron chi connectivity index (χ4n) is 3.66. The molecule has 0 aliphatic carbocycles. The fourth-order valence-corrected chi connectivity index (χ4v) is 3.66. The van der Waals surface area contributed by atoms with E-state index in [-0.39, 0.29) is 11.9 Å². The molecule has 2 N–H and O–H groups in total. The van der Waals surface area contributed by atoms with Crippen LogP contribution in [0.15, 0.2) is 61.2 Å². The Morgan fingerprint density at radius 1 is 1.10 bits per heavy atom. The monoisotopic (exact) mass is 409 g/mol. The predicted molar refractivity (Wildman–Crippen MR) is 116 cm³/mol. The second kappa shape index (κ2) is 7.46. The number of hydrogen-bond donors (Lipinski definition) is 2. The van der Waals surface area contributed by atoms with Crippen LogP contribution in [0.4, 0.5) is 10.2 Å². The largest absolute Gasteiger partial charge is 0.362 e. The summed E-state index contributed by atoms with van der Waals surface area (Å²) < 4.78 is 14.0. The molecule has 2 aromatic carbocycles. The second-order valence-electron chi connectivity index (χ2n) is 7.12. The van der Waals surface area contributed by atoms with E-state index in [1.807, 2.05) is 25.1 Å². The maximum atomic E-state index is 14.0. The number of halogens is 1. The lowest BCUT2D eigenvalue weighted by molar-refractivity contribution is 0.628. The summed E-state index contributed by atoms with van der Waals surface area (Å²) in [5.74, 6) is 0.251. The number of H-pyrrole nitrogens is 1. The van der Waals surface area contributed by atoms with Gasteiger partial charge in [0, 0.05) is 16.5 Å². The molecule has 0 radical (unpaired) electrons. The molecule has 8 heteroatoms. The van der Waals surface area contributed by atoms with E-state index in [9.17, 15) is 9.65 Å². The van der Waals surface area contributed by atoms with E-state index in [1.54, 1.807) is 24.5 Å². The zero-order valence-electron chi connectivity index (χ0n) is 16.5. The Bertz CT molecular complexity index is 1470. The number of aromatic amines is 1. The van der Waals surface area contributed by atoms with Gasteiger partial charge in [0.25, 0.3) is 0 Å². The Hall–Kier alpha value is -4.38. The summed E-state index contributed by atoms with van der Waals surface area (Å²) in [6.45, 7) is 1.98. The van der Waals surface area contributed by atoms with Crippen molar-refractivity contribution in [2.75, 3.05) is 5.32 Å². The van der Waals surface area contributed by atoms with E-state index in [2.05, 4.69) is 31.3 Å². The zero-order valence-corrected chi connectivity index (χ0v) is 16.5. The SMILES string of the molecule is C[C@H](Nc1ncnc2nc[nH]c12)c1cc2cccc(C#N)c2nc1-c1cccc(F)c1. The lowest BCUT2D eigenvalue weighted by Gasteiger charge is -2.19. The predicted octanol–water partition coefficient (Wildman–Crippen LogP) is 4.75. The molecule has 31 heavy (non-hydrogen) atoms. The van der Waals surface area contributed by atoms with Crippen LogP contribution in [0.3, 0.4) is 0 Å². The minimum atomic E-state index is -0.352. The maximum Gasteiger partial charge on any atom is 0.182 e. The molecule has 3 aromatic heterocycles. The molecule has 7 nitrogen and oxygen atoms in total. The Morgan fingerprint density at radius 3 is 2.81 bits per heavy atom. The van der Waals surface area contributed by atoms with E-state index in [0.29, 0.717) is 39.3 Å². The van der Waals surface area contributed by atoms with Crippen LogP contribution in [0.2, 0.25) is 0 Å². The van der Waals surface area contributed by atoms with E-state index in [0.717, 1.165) is 10.9 Å². The number of pyridine rings is 1. The van der Waals surface area contributed by atoms with Crippen molar-refractivity contribution in [1.29, 1.82) is 5.26 Å². The number of benzene rings is 2. The Labute approximate surface area is 176 Å².